The molecule has 10 nitrogen and oxygen atoms in total. The van der Waals surface area contributed by atoms with E-state index >= 15 is 0 Å². The smallest absolute Gasteiger partial charge is 0.267 e. The Labute approximate surface area is 230 Å². The number of hydrogen-bond donors (Lipinski definition) is 2. The second-order valence-corrected chi connectivity index (χ2v) is 10.3. The van der Waals surface area contributed by atoms with Crippen molar-refractivity contribution in [3.05, 3.63) is 69.4 Å². The van der Waals surface area contributed by atoms with Gasteiger partial charge in [-0.15, -0.1) is 0 Å². The van der Waals surface area contributed by atoms with Gasteiger partial charge in [-0.05, 0) is 55.0 Å². The molecule has 0 unspecified atom stereocenters. The summed E-state index contributed by atoms with van der Waals surface area (Å²) in [4.78, 5) is 58.6. The number of nitrogens with one attached hydrogen (secondary N) is 1. The zero-order chi connectivity index (χ0) is 28.2. The zero-order valence-corrected chi connectivity index (χ0v) is 22.2. The number of pyridine rings is 2. The van der Waals surface area contributed by atoms with Gasteiger partial charge in [0.25, 0.3) is 11.5 Å². The molecular weight excluding hydrogens is 517 g/mol. The predicted molar refractivity (Wildman–Crippen MR) is 145 cm³/mol. The Kier molecular flexibility index (Phi) is 8.09. The van der Waals surface area contributed by atoms with Crippen LogP contribution in [0.5, 0.6) is 5.75 Å². The second kappa shape index (κ2) is 11.8. The van der Waals surface area contributed by atoms with E-state index in [1.165, 1.54) is 16.7 Å². The topological polar surface area (TPSA) is 125 Å². The molecule has 4 heterocycles. The van der Waals surface area contributed by atoms with Crippen LogP contribution in [0.3, 0.4) is 0 Å². The Balaban J connectivity index is 1.42. The van der Waals surface area contributed by atoms with E-state index < -0.39 is 22.8 Å². The van der Waals surface area contributed by atoms with Gasteiger partial charge in [-0.3, -0.25) is 24.2 Å². The Morgan fingerprint density at radius 2 is 1.62 bits per heavy atom. The van der Waals surface area contributed by atoms with Crippen LogP contribution in [-0.2, 0) is 22.6 Å². The normalized spacial score (nSPS) is 15.4. The number of amides is 3. The maximum atomic E-state index is 13.6. The number of nitrogens with zero attached hydrogens (tertiary/aromatic N) is 4. The summed E-state index contributed by atoms with van der Waals surface area (Å²) >= 11 is 0. The molecule has 0 radical (unpaired) electrons. The van der Waals surface area contributed by atoms with E-state index in [1.54, 1.807) is 34.2 Å². The van der Waals surface area contributed by atoms with Gasteiger partial charge < -0.3 is 24.8 Å². The first kappa shape index (κ1) is 27.3. The third kappa shape index (κ3) is 5.83. The molecule has 40 heavy (non-hydrogen) atoms. The molecule has 0 aliphatic carbocycles. The van der Waals surface area contributed by atoms with Gasteiger partial charge in [-0.25, -0.2) is 4.39 Å². The molecule has 0 saturated carbocycles. The molecule has 2 N–H and O–H groups in total. The van der Waals surface area contributed by atoms with Gasteiger partial charge in [0.05, 0.1) is 5.52 Å². The molecular formula is C29H32FN5O5. The van der Waals surface area contributed by atoms with Gasteiger partial charge in [-0.2, -0.15) is 0 Å². The SMILES string of the molecule is O=C(NCCCN1CCCC1=O)c1c(O)c2ncc(Cc3ccc(F)cc3)cc2n(CCN2CCCC2=O)c1=O. The van der Waals surface area contributed by atoms with E-state index in [9.17, 15) is 28.7 Å². The van der Waals surface area contributed by atoms with E-state index in [0.29, 0.717) is 50.8 Å². The minimum absolute atomic E-state index is 0.0145. The van der Waals surface area contributed by atoms with E-state index in [-0.39, 0.29) is 42.8 Å². The highest BCUT2D eigenvalue weighted by atomic mass is 19.1. The van der Waals surface area contributed by atoms with Crippen LogP contribution in [0, 0.1) is 5.82 Å². The van der Waals surface area contributed by atoms with Gasteiger partial charge in [0.2, 0.25) is 11.8 Å². The predicted octanol–water partition coefficient (Wildman–Crippen LogP) is 2.20. The van der Waals surface area contributed by atoms with Crippen LogP contribution in [0.2, 0.25) is 0 Å². The van der Waals surface area contributed by atoms with Crippen LogP contribution in [-0.4, -0.2) is 74.9 Å². The van der Waals surface area contributed by atoms with Gasteiger partial charge in [0.1, 0.15) is 16.9 Å². The van der Waals surface area contributed by atoms with Crippen molar-refractivity contribution in [1.82, 2.24) is 24.7 Å². The summed E-state index contributed by atoms with van der Waals surface area (Å²) in [5.74, 6) is -1.45. The third-order valence-electron chi connectivity index (χ3n) is 7.51. The first-order valence-electron chi connectivity index (χ1n) is 13.6. The molecule has 0 spiro atoms. The molecule has 0 atom stereocenters. The van der Waals surface area contributed by atoms with Crippen molar-refractivity contribution in [1.29, 1.82) is 0 Å². The average molecular weight is 550 g/mol. The summed E-state index contributed by atoms with van der Waals surface area (Å²) in [7, 11) is 0. The molecule has 2 saturated heterocycles. The number of hydrogen-bond acceptors (Lipinski definition) is 6. The summed E-state index contributed by atoms with van der Waals surface area (Å²) in [6, 6.07) is 7.79. The first-order chi connectivity index (χ1) is 19.3. The Morgan fingerprint density at radius 3 is 2.27 bits per heavy atom. The minimum Gasteiger partial charge on any atom is -0.505 e. The highest BCUT2D eigenvalue weighted by molar-refractivity contribution is 6.01. The van der Waals surface area contributed by atoms with E-state index in [1.807, 2.05) is 0 Å². The molecule has 11 heteroatoms. The molecule has 1 aromatic carbocycles. The molecule has 2 fully saturated rings. The number of likely N-dealkylation sites (tertiary alicyclic amines) is 2. The van der Waals surface area contributed by atoms with E-state index in [2.05, 4.69) is 10.3 Å². The number of aromatic nitrogens is 2. The second-order valence-electron chi connectivity index (χ2n) is 10.3. The largest absolute Gasteiger partial charge is 0.505 e. The molecule has 3 aromatic rings. The average Bonchev–Trinajstić information content (AvgIpc) is 3.54. The van der Waals surface area contributed by atoms with Crippen molar-refractivity contribution in [2.75, 3.05) is 32.7 Å². The lowest BCUT2D eigenvalue weighted by atomic mass is 10.1. The van der Waals surface area contributed by atoms with Crippen LogP contribution >= 0.6 is 0 Å². The number of fused-ring (bicyclic) bond motifs is 1. The summed E-state index contributed by atoms with van der Waals surface area (Å²) in [6.07, 6.45) is 5.08. The fraction of sp³-hybridized carbons (Fsp3) is 0.414. The van der Waals surface area contributed by atoms with Crippen molar-refractivity contribution in [2.24, 2.45) is 0 Å². The van der Waals surface area contributed by atoms with E-state index in [4.69, 9.17) is 0 Å². The number of rotatable bonds is 10. The lowest BCUT2D eigenvalue weighted by Gasteiger charge is -2.19. The monoisotopic (exact) mass is 549 g/mol. The van der Waals surface area contributed by atoms with Crippen molar-refractivity contribution in [2.45, 2.75) is 45.1 Å². The van der Waals surface area contributed by atoms with Crippen molar-refractivity contribution >= 4 is 28.8 Å². The fourth-order valence-corrected chi connectivity index (χ4v) is 5.37. The number of halogens is 1. The molecule has 2 aromatic heterocycles. The lowest BCUT2D eigenvalue weighted by molar-refractivity contribution is -0.128. The molecule has 210 valence electrons. The first-order valence-corrected chi connectivity index (χ1v) is 13.6. The summed E-state index contributed by atoms with van der Waals surface area (Å²) in [5.41, 5.74) is 0.939. The Bertz CT molecular complexity index is 1500. The molecule has 5 rings (SSSR count). The Morgan fingerprint density at radius 1 is 0.950 bits per heavy atom. The summed E-state index contributed by atoms with van der Waals surface area (Å²) in [5, 5.41) is 13.7. The van der Waals surface area contributed by atoms with Crippen LogP contribution < -0.4 is 10.9 Å². The van der Waals surface area contributed by atoms with E-state index in [0.717, 1.165) is 24.0 Å². The highest BCUT2D eigenvalue weighted by Crippen LogP contribution is 2.26. The molecule has 2 aliphatic heterocycles. The van der Waals surface area contributed by atoms with Crippen molar-refractivity contribution in [3.8, 4) is 5.75 Å². The Hall–Kier alpha value is -4.28. The standard InChI is InChI=1S/C29H32FN5O5/c30-21-8-6-19(7-9-21)16-20-17-22-26(32-18-20)27(38)25(28(39)31-10-3-13-33-11-1-4-23(33)36)29(40)35(22)15-14-34-12-2-5-24(34)37/h6-9,17-18,38H,1-5,10-16H2,(H,31,39). The lowest BCUT2D eigenvalue weighted by Crippen LogP contribution is -2.37. The van der Waals surface area contributed by atoms with Gasteiger partial charge in [-0.1, -0.05) is 12.1 Å². The summed E-state index contributed by atoms with van der Waals surface area (Å²) < 4.78 is 14.7. The molecule has 0 bridgehead atoms. The number of carbonyl (C=O) groups is 3. The van der Waals surface area contributed by atoms with Crippen molar-refractivity contribution < 1.29 is 23.9 Å². The fourth-order valence-electron chi connectivity index (χ4n) is 5.37. The number of carbonyl (C=O) groups excluding carboxylic acids is 3. The molecule has 3 amide bonds. The third-order valence-corrected chi connectivity index (χ3v) is 7.51. The van der Waals surface area contributed by atoms with Crippen LogP contribution in [0.15, 0.2) is 41.3 Å². The highest BCUT2D eigenvalue weighted by Gasteiger charge is 2.26. The number of aromatic hydroxyl groups is 1. The number of benzene rings is 1. The molecule has 2 aliphatic rings. The van der Waals surface area contributed by atoms with Crippen LogP contribution in [0.25, 0.3) is 11.0 Å². The quantitative estimate of drug-likeness (QED) is 0.374. The zero-order valence-electron chi connectivity index (χ0n) is 22.2. The van der Waals surface area contributed by atoms with Gasteiger partial charge >= 0.3 is 0 Å². The van der Waals surface area contributed by atoms with Crippen LogP contribution in [0.1, 0.15) is 53.6 Å². The van der Waals surface area contributed by atoms with Gasteiger partial charge in [0, 0.05) is 58.3 Å². The minimum atomic E-state index is -0.722. The maximum absolute atomic E-state index is 13.6. The van der Waals surface area contributed by atoms with Crippen LogP contribution in [0.4, 0.5) is 4.39 Å². The van der Waals surface area contributed by atoms with Crippen molar-refractivity contribution in [3.63, 3.8) is 0 Å². The summed E-state index contributed by atoms with van der Waals surface area (Å²) in [6.45, 7) is 2.45. The maximum Gasteiger partial charge on any atom is 0.267 e. The van der Waals surface area contributed by atoms with Gasteiger partial charge in [0.15, 0.2) is 5.75 Å².